The number of alkyl halides is 2. The van der Waals surface area contributed by atoms with E-state index in [-0.39, 0.29) is 17.5 Å². The number of ether oxygens (including phenoxy) is 2. The molecule has 5 heteroatoms. The molecule has 112 valence electrons. The van der Waals surface area contributed by atoms with Gasteiger partial charge in [0.2, 0.25) is 0 Å². The van der Waals surface area contributed by atoms with Gasteiger partial charge in [-0.25, -0.2) is 0 Å². The largest absolute Gasteiger partial charge is 0.493 e. The molecular weight excluding hydrogens is 276 g/mol. The average Bonchev–Trinajstić information content (AvgIpc) is 2.48. The highest BCUT2D eigenvalue weighted by Crippen LogP contribution is 2.32. The van der Waals surface area contributed by atoms with Crippen LogP contribution in [0.1, 0.15) is 18.5 Å². The van der Waals surface area contributed by atoms with Crippen LogP contribution in [0.3, 0.4) is 0 Å². The molecule has 0 heterocycles. The second-order valence-corrected chi connectivity index (χ2v) is 4.52. The number of halogens is 2. The Kier molecular flexibility index (Phi) is 4.98. The van der Waals surface area contributed by atoms with Crippen molar-refractivity contribution in [1.82, 2.24) is 0 Å². The van der Waals surface area contributed by atoms with E-state index < -0.39 is 6.61 Å². The number of hydrogen-bond acceptors (Lipinski definition) is 3. The second kappa shape index (κ2) is 6.92. The van der Waals surface area contributed by atoms with E-state index >= 15 is 0 Å². The molecule has 0 aromatic heterocycles. The van der Waals surface area contributed by atoms with Gasteiger partial charge in [-0.05, 0) is 24.6 Å². The standard InChI is InChI=1S/C16H17F2NO2/c1-11(12-6-4-3-5-7-12)19-13-8-9-14(20-2)15(10-13)21-16(17)18/h3-11,16,19H,1-2H3. The number of rotatable bonds is 6. The van der Waals surface area contributed by atoms with Crippen LogP contribution < -0.4 is 14.8 Å². The molecule has 1 atom stereocenters. The minimum Gasteiger partial charge on any atom is -0.493 e. The highest BCUT2D eigenvalue weighted by Gasteiger charge is 2.12. The molecule has 0 bridgehead atoms. The summed E-state index contributed by atoms with van der Waals surface area (Å²) in [7, 11) is 1.41. The van der Waals surface area contributed by atoms with E-state index in [1.54, 1.807) is 12.1 Å². The van der Waals surface area contributed by atoms with Crippen molar-refractivity contribution in [3.63, 3.8) is 0 Å². The zero-order valence-corrected chi connectivity index (χ0v) is 11.8. The molecule has 0 amide bonds. The third-order valence-corrected chi connectivity index (χ3v) is 3.06. The van der Waals surface area contributed by atoms with Gasteiger partial charge in [0.25, 0.3) is 0 Å². The normalized spacial score (nSPS) is 12.0. The predicted octanol–water partition coefficient (Wildman–Crippen LogP) is 4.47. The third kappa shape index (κ3) is 4.08. The molecule has 0 spiro atoms. The molecule has 3 nitrogen and oxygen atoms in total. The fourth-order valence-corrected chi connectivity index (χ4v) is 2.03. The summed E-state index contributed by atoms with van der Waals surface area (Å²) in [4.78, 5) is 0. The SMILES string of the molecule is COc1ccc(NC(C)c2ccccc2)cc1OC(F)F. The van der Waals surface area contributed by atoms with Gasteiger partial charge < -0.3 is 14.8 Å². The first-order valence-electron chi connectivity index (χ1n) is 6.54. The quantitative estimate of drug-likeness (QED) is 0.852. The fourth-order valence-electron chi connectivity index (χ4n) is 2.03. The van der Waals surface area contributed by atoms with Crippen molar-refractivity contribution < 1.29 is 18.3 Å². The van der Waals surface area contributed by atoms with Crippen LogP contribution in [0.2, 0.25) is 0 Å². The minimum absolute atomic E-state index is 0.0118. The Balaban J connectivity index is 2.16. The third-order valence-electron chi connectivity index (χ3n) is 3.06. The van der Waals surface area contributed by atoms with Crippen molar-refractivity contribution in [3.8, 4) is 11.5 Å². The number of methoxy groups -OCH3 is 1. The first-order chi connectivity index (χ1) is 10.1. The Morgan fingerprint density at radius 2 is 1.71 bits per heavy atom. The lowest BCUT2D eigenvalue weighted by atomic mass is 10.1. The molecule has 1 unspecified atom stereocenters. The minimum atomic E-state index is -2.89. The van der Waals surface area contributed by atoms with Gasteiger partial charge in [-0.3, -0.25) is 0 Å². The Bertz CT molecular complexity index is 576. The van der Waals surface area contributed by atoms with Crippen molar-refractivity contribution in [2.24, 2.45) is 0 Å². The number of hydrogen-bond donors (Lipinski definition) is 1. The zero-order chi connectivity index (χ0) is 15.2. The maximum Gasteiger partial charge on any atom is 0.387 e. The maximum absolute atomic E-state index is 12.4. The summed E-state index contributed by atoms with van der Waals surface area (Å²) in [6.07, 6.45) is 0. The van der Waals surface area contributed by atoms with E-state index in [2.05, 4.69) is 10.1 Å². The predicted molar refractivity (Wildman–Crippen MR) is 78.1 cm³/mol. The van der Waals surface area contributed by atoms with Crippen LogP contribution in [0.25, 0.3) is 0 Å². The van der Waals surface area contributed by atoms with Gasteiger partial charge in [0.1, 0.15) is 0 Å². The van der Waals surface area contributed by atoms with Gasteiger partial charge in [-0.15, -0.1) is 0 Å². The molecule has 0 aliphatic rings. The van der Waals surface area contributed by atoms with Crippen LogP contribution in [0.15, 0.2) is 48.5 Å². The lowest BCUT2D eigenvalue weighted by Crippen LogP contribution is -2.08. The molecule has 21 heavy (non-hydrogen) atoms. The summed E-state index contributed by atoms with van der Waals surface area (Å²) in [5.74, 6) is 0.283. The number of nitrogens with one attached hydrogen (secondary N) is 1. The number of anilines is 1. The summed E-state index contributed by atoms with van der Waals surface area (Å²) < 4.78 is 34.3. The molecule has 2 rings (SSSR count). The van der Waals surface area contributed by atoms with Crippen LogP contribution >= 0.6 is 0 Å². The van der Waals surface area contributed by atoms with E-state index in [1.165, 1.54) is 13.2 Å². The average molecular weight is 293 g/mol. The summed E-state index contributed by atoms with van der Waals surface area (Å²) in [5.41, 5.74) is 1.78. The van der Waals surface area contributed by atoms with Crippen LogP contribution in [-0.4, -0.2) is 13.7 Å². The van der Waals surface area contributed by atoms with Crippen LogP contribution in [-0.2, 0) is 0 Å². The molecule has 0 fully saturated rings. The van der Waals surface area contributed by atoms with Gasteiger partial charge in [-0.1, -0.05) is 30.3 Å². The lowest BCUT2D eigenvalue weighted by molar-refractivity contribution is -0.0511. The van der Waals surface area contributed by atoms with Gasteiger partial charge in [0.15, 0.2) is 11.5 Å². The van der Waals surface area contributed by atoms with Gasteiger partial charge in [-0.2, -0.15) is 8.78 Å². The molecule has 0 aliphatic carbocycles. The van der Waals surface area contributed by atoms with E-state index in [0.29, 0.717) is 5.69 Å². The lowest BCUT2D eigenvalue weighted by Gasteiger charge is -2.17. The zero-order valence-electron chi connectivity index (χ0n) is 11.8. The molecule has 0 radical (unpaired) electrons. The summed E-state index contributed by atoms with van der Waals surface area (Å²) >= 11 is 0. The Morgan fingerprint density at radius 3 is 2.33 bits per heavy atom. The number of benzene rings is 2. The van der Waals surface area contributed by atoms with Crippen molar-refractivity contribution in [1.29, 1.82) is 0 Å². The van der Waals surface area contributed by atoms with E-state index in [1.807, 2.05) is 37.3 Å². The molecule has 2 aromatic rings. The topological polar surface area (TPSA) is 30.5 Å². The van der Waals surface area contributed by atoms with Gasteiger partial charge >= 0.3 is 6.61 Å². The van der Waals surface area contributed by atoms with Crippen molar-refractivity contribution in [2.45, 2.75) is 19.6 Å². The van der Waals surface area contributed by atoms with Crippen molar-refractivity contribution in [2.75, 3.05) is 12.4 Å². The van der Waals surface area contributed by atoms with E-state index in [4.69, 9.17) is 4.74 Å². The summed E-state index contributed by atoms with van der Waals surface area (Å²) in [6, 6.07) is 14.7. The molecule has 2 aromatic carbocycles. The van der Waals surface area contributed by atoms with Gasteiger partial charge in [0.05, 0.1) is 7.11 Å². The van der Waals surface area contributed by atoms with E-state index in [9.17, 15) is 8.78 Å². The monoisotopic (exact) mass is 293 g/mol. The molecule has 1 N–H and O–H groups in total. The van der Waals surface area contributed by atoms with Gasteiger partial charge in [0, 0.05) is 17.8 Å². The van der Waals surface area contributed by atoms with Crippen molar-refractivity contribution in [3.05, 3.63) is 54.1 Å². The Labute approximate surface area is 122 Å². The molecule has 0 saturated heterocycles. The Hall–Kier alpha value is -2.30. The first kappa shape index (κ1) is 15.1. The maximum atomic E-state index is 12.4. The van der Waals surface area contributed by atoms with Crippen LogP contribution in [0, 0.1) is 0 Å². The van der Waals surface area contributed by atoms with Crippen LogP contribution in [0.5, 0.6) is 11.5 Å². The summed E-state index contributed by atoms with van der Waals surface area (Å²) in [6.45, 7) is -0.895. The van der Waals surface area contributed by atoms with E-state index in [0.717, 1.165) is 5.56 Å². The second-order valence-electron chi connectivity index (χ2n) is 4.52. The first-order valence-corrected chi connectivity index (χ1v) is 6.54. The highest BCUT2D eigenvalue weighted by molar-refractivity contribution is 5.55. The summed E-state index contributed by atoms with van der Waals surface area (Å²) in [5, 5.41) is 3.24. The van der Waals surface area contributed by atoms with Crippen molar-refractivity contribution >= 4 is 5.69 Å². The molecule has 0 aliphatic heterocycles. The molecule has 0 saturated carbocycles. The molecular formula is C16H17F2NO2. The highest BCUT2D eigenvalue weighted by atomic mass is 19.3. The van der Waals surface area contributed by atoms with Crippen LogP contribution in [0.4, 0.5) is 14.5 Å². The fraction of sp³-hybridized carbons (Fsp3) is 0.250. The Morgan fingerprint density at radius 1 is 1.00 bits per heavy atom. The smallest absolute Gasteiger partial charge is 0.387 e.